The normalized spacial score (nSPS) is 14.4. The lowest BCUT2D eigenvalue weighted by Gasteiger charge is -2.34. The first-order chi connectivity index (χ1) is 12.4. The van der Waals surface area contributed by atoms with Crippen LogP contribution in [-0.2, 0) is 27.0 Å². The smallest absolute Gasteiger partial charge is 0.436 e. The second-order valence-corrected chi connectivity index (χ2v) is 5.42. The van der Waals surface area contributed by atoms with Crippen LogP contribution in [0, 0.1) is 0 Å². The van der Waals surface area contributed by atoms with Crippen LogP contribution in [0.2, 0.25) is 0 Å². The molecule has 0 unspecified atom stereocenters. The summed E-state index contributed by atoms with van der Waals surface area (Å²) in [5, 5.41) is 3.37. The van der Waals surface area contributed by atoms with Gasteiger partial charge in [-0.05, 0) is 18.6 Å². The minimum Gasteiger partial charge on any atom is -0.463 e. The van der Waals surface area contributed by atoms with Gasteiger partial charge in [0, 0.05) is 13.0 Å². The number of alkyl halides is 6. The Labute approximate surface area is 151 Å². The van der Waals surface area contributed by atoms with Crippen molar-refractivity contribution in [2.45, 2.75) is 44.8 Å². The Balaban J connectivity index is 3.24. The highest BCUT2D eigenvalue weighted by Crippen LogP contribution is 2.32. The maximum atomic E-state index is 13.7. The predicted octanol–water partition coefficient (Wildman–Crippen LogP) is 3.14. The third-order valence-electron chi connectivity index (χ3n) is 3.47. The van der Waals surface area contributed by atoms with Crippen molar-refractivity contribution < 1.29 is 40.7 Å². The highest BCUT2D eigenvalue weighted by Gasteiger charge is 2.62. The van der Waals surface area contributed by atoms with Crippen LogP contribution in [0.5, 0.6) is 0 Å². The van der Waals surface area contributed by atoms with Gasteiger partial charge in [-0.25, -0.2) is 4.79 Å². The van der Waals surface area contributed by atoms with Crippen molar-refractivity contribution in [2.75, 3.05) is 6.61 Å². The van der Waals surface area contributed by atoms with Gasteiger partial charge in [-0.1, -0.05) is 25.1 Å². The van der Waals surface area contributed by atoms with Crippen molar-refractivity contribution in [1.82, 2.24) is 10.6 Å². The van der Waals surface area contributed by atoms with E-state index in [0.717, 1.165) is 18.2 Å². The molecule has 1 aromatic carbocycles. The summed E-state index contributed by atoms with van der Waals surface area (Å²) in [4.78, 5) is 23.6. The summed E-state index contributed by atoms with van der Waals surface area (Å²) >= 11 is 0. The quantitative estimate of drug-likeness (QED) is 0.419. The number of esters is 1. The Morgan fingerprint density at radius 2 is 1.70 bits per heavy atom. The van der Waals surface area contributed by atoms with Gasteiger partial charge in [0.2, 0.25) is 5.91 Å². The zero-order valence-electron chi connectivity index (χ0n) is 14.4. The van der Waals surface area contributed by atoms with E-state index < -0.39 is 48.6 Å². The molecule has 1 aromatic rings. The molecule has 0 radical (unpaired) electrons. The topological polar surface area (TPSA) is 67.4 Å². The van der Waals surface area contributed by atoms with Gasteiger partial charge in [0.05, 0.1) is 12.2 Å². The molecule has 0 aliphatic heterocycles. The molecule has 5 nitrogen and oxygen atoms in total. The second kappa shape index (κ2) is 8.59. The van der Waals surface area contributed by atoms with E-state index in [1.165, 1.54) is 13.8 Å². The molecule has 27 heavy (non-hydrogen) atoms. The van der Waals surface area contributed by atoms with E-state index in [9.17, 15) is 35.9 Å². The fourth-order valence-corrected chi connectivity index (χ4v) is 2.08. The van der Waals surface area contributed by atoms with E-state index in [1.54, 1.807) is 5.32 Å². The number of hydrogen-bond acceptors (Lipinski definition) is 4. The molecule has 0 aliphatic rings. The van der Waals surface area contributed by atoms with E-state index in [4.69, 9.17) is 0 Å². The average Bonchev–Trinajstić information content (AvgIpc) is 2.56. The number of rotatable bonds is 7. The average molecular weight is 400 g/mol. The number of halogens is 6. The molecule has 1 atom stereocenters. The third kappa shape index (κ3) is 5.59. The molecule has 0 spiro atoms. The fraction of sp³-hybridized carbons (Fsp3) is 0.500. The van der Waals surface area contributed by atoms with Crippen LogP contribution >= 0.6 is 0 Å². The standard InChI is InChI=1S/C16H18F6N2O3/c1-3-12(25)24-14(16(20,21)22,13(26)27-4-2)23-9-10-6-5-7-11(8-10)15(17,18)19/h5-8,23H,3-4,9H2,1-2H3,(H,24,25)/t14-/m1/s1. The predicted molar refractivity (Wildman–Crippen MR) is 82.1 cm³/mol. The summed E-state index contributed by atoms with van der Waals surface area (Å²) in [6.45, 7) is 1.36. The fourth-order valence-electron chi connectivity index (χ4n) is 2.08. The second-order valence-electron chi connectivity index (χ2n) is 5.42. The zero-order chi connectivity index (χ0) is 20.9. The molecule has 2 N–H and O–H groups in total. The number of benzene rings is 1. The summed E-state index contributed by atoms with van der Waals surface area (Å²) in [7, 11) is 0. The first kappa shape index (κ1) is 22.7. The highest BCUT2D eigenvalue weighted by atomic mass is 19.4. The number of hydrogen-bond donors (Lipinski definition) is 2. The monoisotopic (exact) mass is 400 g/mol. The van der Waals surface area contributed by atoms with Gasteiger partial charge in [0.1, 0.15) is 0 Å². The molecule has 0 aromatic heterocycles. The number of nitrogens with one attached hydrogen (secondary N) is 2. The summed E-state index contributed by atoms with van der Waals surface area (Å²) in [5.74, 6) is -2.91. The van der Waals surface area contributed by atoms with Crippen LogP contribution < -0.4 is 10.6 Å². The molecule has 0 fully saturated rings. The first-order valence-electron chi connectivity index (χ1n) is 7.83. The zero-order valence-corrected chi connectivity index (χ0v) is 14.4. The van der Waals surface area contributed by atoms with Crippen LogP contribution in [0.25, 0.3) is 0 Å². The highest BCUT2D eigenvalue weighted by molar-refractivity contribution is 5.88. The maximum absolute atomic E-state index is 13.7. The molecule has 0 heterocycles. The van der Waals surface area contributed by atoms with Crippen molar-refractivity contribution in [3.05, 3.63) is 35.4 Å². The van der Waals surface area contributed by atoms with Gasteiger partial charge in [-0.3, -0.25) is 10.1 Å². The SMILES string of the molecule is CCOC(=O)[C@@](NCc1cccc(C(F)(F)F)c1)(NC(=O)CC)C(F)(F)F. The van der Waals surface area contributed by atoms with Gasteiger partial charge in [0.25, 0.3) is 5.66 Å². The van der Waals surface area contributed by atoms with E-state index in [-0.39, 0.29) is 12.0 Å². The molecule has 0 aliphatic carbocycles. The van der Waals surface area contributed by atoms with Gasteiger partial charge >= 0.3 is 18.3 Å². The van der Waals surface area contributed by atoms with Crippen molar-refractivity contribution in [3.63, 3.8) is 0 Å². The van der Waals surface area contributed by atoms with Crippen molar-refractivity contribution in [3.8, 4) is 0 Å². The minimum absolute atomic E-state index is 0.173. The summed E-state index contributed by atoms with van der Waals surface area (Å²) in [6, 6.07) is 3.56. The first-order valence-corrected chi connectivity index (χ1v) is 7.83. The molecule has 0 bridgehead atoms. The molecular weight excluding hydrogens is 382 g/mol. The van der Waals surface area contributed by atoms with Gasteiger partial charge in [-0.15, -0.1) is 0 Å². The van der Waals surface area contributed by atoms with Gasteiger partial charge in [0.15, 0.2) is 0 Å². The Hall–Kier alpha value is -2.30. The van der Waals surface area contributed by atoms with Gasteiger partial charge < -0.3 is 10.1 Å². The summed E-state index contributed by atoms with van der Waals surface area (Å²) in [5.41, 5.74) is -4.83. The number of amides is 1. The molecule has 1 amide bonds. The molecule has 0 saturated carbocycles. The molecule has 0 saturated heterocycles. The molecule has 11 heteroatoms. The third-order valence-corrected chi connectivity index (χ3v) is 3.47. The van der Waals surface area contributed by atoms with Crippen LogP contribution in [0.4, 0.5) is 26.3 Å². The number of carbonyl (C=O) groups is 2. The lowest BCUT2D eigenvalue weighted by atomic mass is 10.1. The van der Waals surface area contributed by atoms with Crippen molar-refractivity contribution in [1.29, 1.82) is 0 Å². The summed E-state index contributed by atoms with van der Waals surface area (Å²) < 4.78 is 83.6. The van der Waals surface area contributed by atoms with E-state index >= 15 is 0 Å². The lowest BCUT2D eigenvalue weighted by molar-refractivity contribution is -0.222. The number of ether oxygens (including phenoxy) is 1. The molecule has 1 rings (SSSR count). The maximum Gasteiger partial charge on any atom is 0.436 e. The number of carbonyl (C=O) groups excluding carboxylic acids is 2. The van der Waals surface area contributed by atoms with E-state index in [1.807, 2.05) is 5.32 Å². The summed E-state index contributed by atoms with van der Waals surface area (Å²) in [6.07, 6.45) is -10.4. The Morgan fingerprint density at radius 1 is 1.07 bits per heavy atom. The van der Waals surface area contributed by atoms with E-state index in [2.05, 4.69) is 4.74 Å². The Morgan fingerprint density at radius 3 is 2.19 bits per heavy atom. The van der Waals surface area contributed by atoms with Crippen molar-refractivity contribution >= 4 is 11.9 Å². The van der Waals surface area contributed by atoms with Crippen LogP contribution in [-0.4, -0.2) is 30.3 Å². The lowest BCUT2D eigenvalue weighted by Crippen LogP contribution is -2.72. The van der Waals surface area contributed by atoms with E-state index in [0.29, 0.717) is 6.07 Å². The van der Waals surface area contributed by atoms with Crippen molar-refractivity contribution in [2.24, 2.45) is 0 Å². The van der Waals surface area contributed by atoms with Crippen LogP contribution in [0.3, 0.4) is 0 Å². The largest absolute Gasteiger partial charge is 0.463 e. The van der Waals surface area contributed by atoms with Crippen LogP contribution in [0.15, 0.2) is 24.3 Å². The molecular formula is C16H18F6N2O3. The van der Waals surface area contributed by atoms with Crippen LogP contribution in [0.1, 0.15) is 31.4 Å². The molecule has 152 valence electrons. The Kier molecular flexibility index (Phi) is 7.24. The Bertz CT molecular complexity index is 675. The van der Waals surface area contributed by atoms with Gasteiger partial charge in [-0.2, -0.15) is 26.3 Å². The minimum atomic E-state index is -5.31.